The third-order valence-corrected chi connectivity index (χ3v) is 3.13. The van der Waals surface area contributed by atoms with E-state index in [1.54, 1.807) is 38.4 Å². The second-order valence-corrected chi connectivity index (χ2v) is 5.59. The lowest BCUT2D eigenvalue weighted by Gasteiger charge is -2.19. The lowest BCUT2D eigenvalue weighted by molar-refractivity contribution is -0.117. The van der Waals surface area contributed by atoms with Gasteiger partial charge in [0, 0.05) is 31.9 Å². The molecule has 0 aliphatic rings. The average Bonchev–Trinajstić information content (AvgIpc) is 2.45. The second kappa shape index (κ2) is 8.34. The van der Waals surface area contributed by atoms with Gasteiger partial charge >= 0.3 is 0 Å². The lowest BCUT2D eigenvalue weighted by Crippen LogP contribution is -2.34. The van der Waals surface area contributed by atoms with E-state index in [0.717, 1.165) is 12.1 Å². The number of carbonyl (C=O) groups excluding carboxylic acids is 2. The minimum atomic E-state index is -0.0743. The first-order valence-corrected chi connectivity index (χ1v) is 7.31. The maximum atomic E-state index is 12.0. The zero-order valence-electron chi connectivity index (χ0n) is 13.8. The molecular formula is C17H25N3O2. The number of nitrogens with zero attached hydrogens (tertiary/aromatic N) is 2. The van der Waals surface area contributed by atoms with Crippen LogP contribution in [0, 0.1) is 0 Å². The van der Waals surface area contributed by atoms with Crippen molar-refractivity contribution in [2.45, 2.75) is 13.8 Å². The molecule has 22 heavy (non-hydrogen) atoms. The number of nitrogens with one attached hydrogen (secondary N) is 1. The third-order valence-electron chi connectivity index (χ3n) is 3.13. The molecule has 0 aliphatic carbocycles. The van der Waals surface area contributed by atoms with Crippen molar-refractivity contribution in [1.29, 1.82) is 0 Å². The molecule has 1 aromatic rings. The van der Waals surface area contributed by atoms with Crippen LogP contribution in [0.3, 0.4) is 0 Å². The molecule has 5 heteroatoms. The molecule has 0 aromatic heterocycles. The van der Waals surface area contributed by atoms with Gasteiger partial charge in [-0.25, -0.2) is 0 Å². The predicted octanol–water partition coefficient (Wildman–Crippen LogP) is 2.22. The Labute approximate surface area is 132 Å². The highest BCUT2D eigenvalue weighted by atomic mass is 16.2. The number of carbonyl (C=O) groups is 2. The number of benzene rings is 1. The van der Waals surface area contributed by atoms with Crippen molar-refractivity contribution in [3.63, 3.8) is 0 Å². The van der Waals surface area contributed by atoms with Gasteiger partial charge in [-0.15, -0.1) is 0 Å². The number of amides is 2. The number of hydrogen-bond acceptors (Lipinski definition) is 3. The predicted molar refractivity (Wildman–Crippen MR) is 90.0 cm³/mol. The van der Waals surface area contributed by atoms with E-state index in [4.69, 9.17) is 0 Å². The van der Waals surface area contributed by atoms with Crippen LogP contribution in [0.1, 0.15) is 24.2 Å². The topological polar surface area (TPSA) is 52.7 Å². The fourth-order valence-electron chi connectivity index (χ4n) is 2.02. The molecule has 1 N–H and O–H groups in total. The maximum Gasteiger partial charge on any atom is 0.253 e. The van der Waals surface area contributed by atoms with Gasteiger partial charge in [0.1, 0.15) is 0 Å². The van der Waals surface area contributed by atoms with Gasteiger partial charge in [-0.1, -0.05) is 19.1 Å². The van der Waals surface area contributed by atoms with Crippen LogP contribution in [-0.2, 0) is 4.79 Å². The van der Waals surface area contributed by atoms with E-state index >= 15 is 0 Å². The van der Waals surface area contributed by atoms with Crippen LogP contribution in [0.5, 0.6) is 0 Å². The van der Waals surface area contributed by atoms with Gasteiger partial charge in [0.15, 0.2) is 0 Å². The summed E-state index contributed by atoms with van der Waals surface area (Å²) in [5, 5.41) is 2.84. The molecule has 120 valence electrons. The van der Waals surface area contributed by atoms with Crippen molar-refractivity contribution in [3.05, 3.63) is 42.0 Å². The van der Waals surface area contributed by atoms with Crippen molar-refractivity contribution in [1.82, 2.24) is 9.80 Å². The summed E-state index contributed by atoms with van der Waals surface area (Å²) in [6.45, 7) is 9.64. The largest absolute Gasteiger partial charge is 0.345 e. The highest BCUT2D eigenvalue weighted by molar-refractivity contribution is 5.96. The van der Waals surface area contributed by atoms with Gasteiger partial charge in [-0.3, -0.25) is 14.5 Å². The van der Waals surface area contributed by atoms with Crippen LogP contribution in [-0.4, -0.2) is 55.3 Å². The first kappa shape index (κ1) is 17.9. The summed E-state index contributed by atoms with van der Waals surface area (Å²) in [5.74, 6) is -0.133. The summed E-state index contributed by atoms with van der Waals surface area (Å²) in [5.41, 5.74) is 2.31. The fourth-order valence-corrected chi connectivity index (χ4v) is 2.02. The van der Waals surface area contributed by atoms with Gasteiger partial charge in [0.25, 0.3) is 5.91 Å². The van der Waals surface area contributed by atoms with Crippen LogP contribution in [0.2, 0.25) is 0 Å². The molecule has 0 fully saturated rings. The third kappa shape index (κ3) is 5.69. The molecule has 2 amide bonds. The molecule has 0 spiro atoms. The normalized spacial score (nSPS) is 10.4. The molecule has 0 heterocycles. The first-order chi connectivity index (χ1) is 10.3. The molecule has 0 radical (unpaired) electrons. The summed E-state index contributed by atoms with van der Waals surface area (Å²) in [4.78, 5) is 27.4. The SMILES string of the molecule is C=C(C)CN(CC)CC(=O)Nc1ccc(C(=O)N(C)C)cc1. The Balaban J connectivity index is 2.61. The minimum Gasteiger partial charge on any atom is -0.345 e. The molecule has 0 saturated carbocycles. The Morgan fingerprint density at radius 1 is 1.14 bits per heavy atom. The summed E-state index contributed by atoms with van der Waals surface area (Å²) in [6, 6.07) is 6.90. The minimum absolute atomic E-state index is 0.0588. The maximum absolute atomic E-state index is 12.0. The molecule has 0 bridgehead atoms. The molecule has 0 saturated heterocycles. The Morgan fingerprint density at radius 3 is 2.18 bits per heavy atom. The molecule has 0 unspecified atom stereocenters. The van der Waals surface area contributed by atoms with Crippen molar-refractivity contribution < 1.29 is 9.59 Å². The van der Waals surface area contributed by atoms with Gasteiger partial charge < -0.3 is 10.2 Å². The summed E-state index contributed by atoms with van der Waals surface area (Å²) >= 11 is 0. The zero-order chi connectivity index (χ0) is 16.7. The molecule has 5 nitrogen and oxygen atoms in total. The average molecular weight is 303 g/mol. The number of rotatable bonds is 7. The molecule has 0 aliphatic heterocycles. The van der Waals surface area contributed by atoms with E-state index in [1.165, 1.54) is 4.90 Å². The highest BCUT2D eigenvalue weighted by Crippen LogP contribution is 2.11. The fraction of sp³-hybridized carbons (Fsp3) is 0.412. The van der Waals surface area contributed by atoms with Gasteiger partial charge in [0.2, 0.25) is 5.91 Å². The standard InChI is InChI=1S/C17H25N3O2/c1-6-20(11-13(2)3)12-16(21)18-15-9-7-14(8-10-15)17(22)19(4)5/h7-10H,2,6,11-12H2,1,3-5H3,(H,18,21). The Kier molecular flexibility index (Phi) is 6.79. The number of likely N-dealkylation sites (N-methyl/N-ethyl adjacent to an activating group) is 1. The highest BCUT2D eigenvalue weighted by Gasteiger charge is 2.11. The Bertz CT molecular complexity index is 535. The zero-order valence-corrected chi connectivity index (χ0v) is 13.8. The summed E-state index contributed by atoms with van der Waals surface area (Å²) < 4.78 is 0. The van der Waals surface area contributed by atoms with Gasteiger partial charge in [-0.05, 0) is 37.7 Å². The monoisotopic (exact) mass is 303 g/mol. The Morgan fingerprint density at radius 2 is 1.73 bits per heavy atom. The molecule has 0 atom stereocenters. The molecular weight excluding hydrogens is 278 g/mol. The van der Waals surface area contributed by atoms with Crippen LogP contribution >= 0.6 is 0 Å². The quantitative estimate of drug-likeness (QED) is 0.786. The molecule has 1 rings (SSSR count). The lowest BCUT2D eigenvalue weighted by atomic mass is 10.2. The molecule has 1 aromatic carbocycles. The van der Waals surface area contributed by atoms with E-state index < -0.39 is 0 Å². The number of hydrogen-bond donors (Lipinski definition) is 1. The van der Waals surface area contributed by atoms with Crippen LogP contribution < -0.4 is 5.32 Å². The van der Waals surface area contributed by atoms with Crippen molar-refractivity contribution >= 4 is 17.5 Å². The summed E-state index contributed by atoms with van der Waals surface area (Å²) in [7, 11) is 3.41. The second-order valence-electron chi connectivity index (χ2n) is 5.59. The van der Waals surface area contributed by atoms with Crippen molar-refractivity contribution in [3.8, 4) is 0 Å². The van der Waals surface area contributed by atoms with E-state index in [1.807, 2.05) is 18.7 Å². The smallest absolute Gasteiger partial charge is 0.253 e. The van der Waals surface area contributed by atoms with E-state index in [9.17, 15) is 9.59 Å². The summed E-state index contributed by atoms with van der Waals surface area (Å²) in [6.07, 6.45) is 0. The van der Waals surface area contributed by atoms with E-state index in [-0.39, 0.29) is 11.8 Å². The van der Waals surface area contributed by atoms with Crippen molar-refractivity contribution in [2.24, 2.45) is 0 Å². The van der Waals surface area contributed by atoms with Gasteiger partial charge in [0.05, 0.1) is 6.54 Å². The van der Waals surface area contributed by atoms with Crippen molar-refractivity contribution in [2.75, 3.05) is 39.0 Å². The number of anilines is 1. The van der Waals surface area contributed by atoms with Crippen LogP contribution in [0.4, 0.5) is 5.69 Å². The van der Waals surface area contributed by atoms with Crippen LogP contribution in [0.25, 0.3) is 0 Å². The Hall–Kier alpha value is -2.14. The van der Waals surface area contributed by atoms with Gasteiger partial charge in [-0.2, -0.15) is 0 Å². The van der Waals surface area contributed by atoms with Crippen LogP contribution in [0.15, 0.2) is 36.4 Å². The van der Waals surface area contributed by atoms with E-state index in [0.29, 0.717) is 24.3 Å². The van der Waals surface area contributed by atoms with E-state index in [2.05, 4.69) is 11.9 Å². The first-order valence-electron chi connectivity index (χ1n) is 7.31.